The van der Waals surface area contributed by atoms with Crippen LogP contribution in [-0.2, 0) is 9.47 Å². The summed E-state index contributed by atoms with van der Waals surface area (Å²) in [6, 6.07) is 0. The van der Waals surface area contributed by atoms with Crippen LogP contribution in [0.1, 0.15) is 46.0 Å². The van der Waals surface area contributed by atoms with Crippen LogP contribution < -0.4 is 5.32 Å². The van der Waals surface area contributed by atoms with Gasteiger partial charge in [0, 0.05) is 26.4 Å². The molecule has 1 unspecified atom stereocenters. The molecule has 2 aliphatic rings. The van der Waals surface area contributed by atoms with Gasteiger partial charge in [-0.15, -0.1) is 0 Å². The lowest BCUT2D eigenvalue weighted by molar-refractivity contribution is -0.0192. The third-order valence-corrected chi connectivity index (χ3v) is 4.29. The third-order valence-electron chi connectivity index (χ3n) is 4.29. The van der Waals surface area contributed by atoms with E-state index in [2.05, 4.69) is 19.2 Å². The lowest BCUT2D eigenvalue weighted by Crippen LogP contribution is -2.42. The largest absolute Gasteiger partial charge is 0.381 e. The molecule has 0 aromatic rings. The van der Waals surface area contributed by atoms with Crippen molar-refractivity contribution < 1.29 is 9.47 Å². The molecule has 3 heteroatoms. The summed E-state index contributed by atoms with van der Waals surface area (Å²) in [5.74, 6) is 0.727. The fourth-order valence-electron chi connectivity index (χ4n) is 3.17. The normalized spacial score (nSPS) is 27.8. The highest BCUT2D eigenvalue weighted by atomic mass is 16.5. The smallest absolute Gasteiger partial charge is 0.0581 e. The Morgan fingerprint density at radius 1 is 1.22 bits per heavy atom. The van der Waals surface area contributed by atoms with Crippen LogP contribution in [0.3, 0.4) is 0 Å². The zero-order valence-corrected chi connectivity index (χ0v) is 12.0. The minimum Gasteiger partial charge on any atom is -0.381 e. The van der Waals surface area contributed by atoms with Crippen molar-refractivity contribution in [3.63, 3.8) is 0 Å². The summed E-state index contributed by atoms with van der Waals surface area (Å²) in [5.41, 5.74) is 0.419. The lowest BCUT2D eigenvalue weighted by atomic mass is 9.75. The first-order chi connectivity index (χ1) is 8.70. The first-order valence-electron chi connectivity index (χ1n) is 7.60. The Bertz CT molecular complexity index is 231. The fraction of sp³-hybridized carbons (Fsp3) is 1.00. The van der Waals surface area contributed by atoms with Crippen LogP contribution in [0.15, 0.2) is 0 Å². The van der Waals surface area contributed by atoms with E-state index in [0.29, 0.717) is 11.5 Å². The highest BCUT2D eigenvalue weighted by Crippen LogP contribution is 2.37. The lowest BCUT2D eigenvalue weighted by Gasteiger charge is -2.39. The molecule has 2 heterocycles. The van der Waals surface area contributed by atoms with Gasteiger partial charge in [0.2, 0.25) is 0 Å². The Kier molecular flexibility index (Phi) is 5.46. The molecule has 106 valence electrons. The van der Waals surface area contributed by atoms with Gasteiger partial charge in [-0.25, -0.2) is 0 Å². The Balaban J connectivity index is 1.84. The summed E-state index contributed by atoms with van der Waals surface area (Å²) < 4.78 is 11.4. The van der Waals surface area contributed by atoms with Gasteiger partial charge in [-0.3, -0.25) is 0 Å². The molecule has 3 nitrogen and oxygen atoms in total. The molecule has 0 radical (unpaired) electrons. The van der Waals surface area contributed by atoms with E-state index >= 15 is 0 Å². The van der Waals surface area contributed by atoms with E-state index in [1.807, 2.05) is 0 Å². The standard InChI is InChI=1S/C15H29NO2/c1-13(2)11-16-12-15(5-8-17-9-6-15)10-14-4-3-7-18-14/h13-14,16H,3-12H2,1-2H3. The summed E-state index contributed by atoms with van der Waals surface area (Å²) in [5, 5.41) is 3.66. The van der Waals surface area contributed by atoms with Crippen LogP contribution >= 0.6 is 0 Å². The van der Waals surface area contributed by atoms with Crippen LogP contribution in [0, 0.1) is 11.3 Å². The molecule has 2 fully saturated rings. The third kappa shape index (κ3) is 4.22. The van der Waals surface area contributed by atoms with Gasteiger partial charge in [0.1, 0.15) is 0 Å². The molecule has 0 amide bonds. The van der Waals surface area contributed by atoms with Crippen LogP contribution in [0.25, 0.3) is 0 Å². The molecule has 1 atom stereocenters. The van der Waals surface area contributed by atoms with Crippen molar-refractivity contribution in [2.24, 2.45) is 11.3 Å². The van der Waals surface area contributed by atoms with Crippen molar-refractivity contribution >= 4 is 0 Å². The predicted molar refractivity (Wildman–Crippen MR) is 73.8 cm³/mol. The molecule has 0 aromatic heterocycles. The SMILES string of the molecule is CC(C)CNCC1(CC2CCCO2)CCOCC1. The molecular formula is C15H29NO2. The van der Waals surface area contributed by atoms with Gasteiger partial charge in [0.25, 0.3) is 0 Å². The van der Waals surface area contributed by atoms with Gasteiger partial charge in [-0.1, -0.05) is 13.8 Å². The fourth-order valence-corrected chi connectivity index (χ4v) is 3.17. The van der Waals surface area contributed by atoms with Gasteiger partial charge < -0.3 is 14.8 Å². The van der Waals surface area contributed by atoms with E-state index in [0.717, 1.165) is 38.8 Å². The maximum Gasteiger partial charge on any atom is 0.0581 e. The van der Waals surface area contributed by atoms with Gasteiger partial charge in [0.05, 0.1) is 6.10 Å². The maximum absolute atomic E-state index is 5.84. The van der Waals surface area contributed by atoms with Gasteiger partial charge in [0.15, 0.2) is 0 Å². The van der Waals surface area contributed by atoms with Crippen molar-refractivity contribution in [1.29, 1.82) is 0 Å². The van der Waals surface area contributed by atoms with E-state index in [4.69, 9.17) is 9.47 Å². The molecule has 0 bridgehead atoms. The first kappa shape index (κ1) is 14.3. The number of hydrogen-bond donors (Lipinski definition) is 1. The average molecular weight is 255 g/mol. The topological polar surface area (TPSA) is 30.5 Å². The van der Waals surface area contributed by atoms with E-state index in [1.54, 1.807) is 0 Å². The predicted octanol–water partition coefficient (Wildman–Crippen LogP) is 2.60. The zero-order chi connectivity index (χ0) is 12.8. The summed E-state index contributed by atoms with van der Waals surface area (Å²) in [7, 11) is 0. The van der Waals surface area contributed by atoms with Crippen LogP contribution in [0.4, 0.5) is 0 Å². The van der Waals surface area contributed by atoms with Crippen molar-refractivity contribution in [1.82, 2.24) is 5.32 Å². The molecule has 18 heavy (non-hydrogen) atoms. The van der Waals surface area contributed by atoms with E-state index < -0.39 is 0 Å². The van der Waals surface area contributed by atoms with Gasteiger partial charge in [-0.2, -0.15) is 0 Å². The van der Waals surface area contributed by atoms with Crippen LogP contribution in [0.2, 0.25) is 0 Å². The molecule has 2 saturated heterocycles. The molecule has 0 aliphatic carbocycles. The summed E-state index contributed by atoms with van der Waals surface area (Å²) in [6.45, 7) is 9.61. The van der Waals surface area contributed by atoms with Crippen LogP contribution in [0.5, 0.6) is 0 Å². The second-order valence-corrected chi connectivity index (χ2v) is 6.48. The van der Waals surface area contributed by atoms with Crippen molar-refractivity contribution in [3.05, 3.63) is 0 Å². The van der Waals surface area contributed by atoms with E-state index in [-0.39, 0.29) is 0 Å². The minimum atomic E-state index is 0.419. The molecule has 2 rings (SSSR count). The molecule has 0 aromatic carbocycles. The highest BCUT2D eigenvalue weighted by molar-refractivity contribution is 4.88. The Hall–Kier alpha value is -0.120. The van der Waals surface area contributed by atoms with Crippen LogP contribution in [-0.4, -0.2) is 39.0 Å². The average Bonchev–Trinajstić information content (AvgIpc) is 2.82. The molecule has 1 N–H and O–H groups in total. The Morgan fingerprint density at radius 3 is 2.61 bits per heavy atom. The summed E-state index contributed by atoms with van der Waals surface area (Å²) >= 11 is 0. The van der Waals surface area contributed by atoms with Crippen molar-refractivity contribution in [2.75, 3.05) is 32.9 Å². The van der Waals surface area contributed by atoms with Crippen molar-refractivity contribution in [3.8, 4) is 0 Å². The Morgan fingerprint density at radius 2 is 2.00 bits per heavy atom. The summed E-state index contributed by atoms with van der Waals surface area (Å²) in [4.78, 5) is 0. The number of rotatable bonds is 6. The van der Waals surface area contributed by atoms with E-state index in [9.17, 15) is 0 Å². The molecule has 0 spiro atoms. The minimum absolute atomic E-state index is 0.419. The van der Waals surface area contributed by atoms with Gasteiger partial charge in [-0.05, 0) is 50.0 Å². The quantitative estimate of drug-likeness (QED) is 0.791. The number of nitrogens with one attached hydrogen (secondary N) is 1. The Labute approximate surface area is 112 Å². The second kappa shape index (κ2) is 6.88. The second-order valence-electron chi connectivity index (χ2n) is 6.48. The number of hydrogen-bond acceptors (Lipinski definition) is 3. The van der Waals surface area contributed by atoms with Gasteiger partial charge >= 0.3 is 0 Å². The van der Waals surface area contributed by atoms with E-state index in [1.165, 1.54) is 32.1 Å². The van der Waals surface area contributed by atoms with Crippen molar-refractivity contribution in [2.45, 2.75) is 52.1 Å². The molecular weight excluding hydrogens is 226 g/mol. The summed E-state index contributed by atoms with van der Waals surface area (Å²) in [6.07, 6.45) is 6.62. The monoisotopic (exact) mass is 255 g/mol. The maximum atomic E-state index is 5.84. The first-order valence-corrected chi connectivity index (χ1v) is 7.60. The highest BCUT2D eigenvalue weighted by Gasteiger charge is 2.36. The molecule has 0 saturated carbocycles. The zero-order valence-electron chi connectivity index (χ0n) is 12.0. The molecule has 2 aliphatic heterocycles. The number of ether oxygens (including phenoxy) is 2.